The van der Waals surface area contributed by atoms with Gasteiger partial charge in [0.1, 0.15) is 12.4 Å². The van der Waals surface area contributed by atoms with Crippen LogP contribution in [0.3, 0.4) is 0 Å². The molecular formula is C13H21NO2. The molecule has 3 nitrogen and oxygen atoms in total. The lowest BCUT2D eigenvalue weighted by molar-refractivity contribution is -0.0219. The second-order valence-electron chi connectivity index (χ2n) is 4.74. The Morgan fingerprint density at radius 1 is 1.44 bits per heavy atom. The van der Waals surface area contributed by atoms with Crippen LogP contribution in [0.5, 0.6) is 0 Å². The molecule has 1 aliphatic rings. The zero-order chi connectivity index (χ0) is 11.4. The van der Waals surface area contributed by atoms with Crippen LogP contribution in [0.4, 0.5) is 0 Å². The summed E-state index contributed by atoms with van der Waals surface area (Å²) < 4.78 is 11.3. The van der Waals surface area contributed by atoms with Gasteiger partial charge in [0, 0.05) is 12.1 Å². The largest absolute Gasteiger partial charge is 0.467 e. The van der Waals surface area contributed by atoms with Crippen LogP contribution in [-0.4, -0.2) is 6.10 Å². The lowest BCUT2D eigenvalue weighted by Gasteiger charge is -2.28. The van der Waals surface area contributed by atoms with Crippen molar-refractivity contribution in [2.45, 2.75) is 51.9 Å². The lowest BCUT2D eigenvalue weighted by Crippen LogP contribution is -2.25. The molecule has 0 radical (unpaired) electrons. The van der Waals surface area contributed by atoms with E-state index < -0.39 is 0 Å². The molecule has 3 heteroatoms. The van der Waals surface area contributed by atoms with Gasteiger partial charge in [0.25, 0.3) is 0 Å². The number of hydrogen-bond acceptors (Lipinski definition) is 3. The van der Waals surface area contributed by atoms with E-state index >= 15 is 0 Å². The zero-order valence-electron chi connectivity index (χ0n) is 9.95. The van der Waals surface area contributed by atoms with Crippen molar-refractivity contribution < 1.29 is 9.15 Å². The summed E-state index contributed by atoms with van der Waals surface area (Å²) in [6.45, 7) is 3.38. The van der Waals surface area contributed by atoms with Gasteiger partial charge < -0.3 is 14.9 Å². The third-order valence-electron chi connectivity index (χ3n) is 3.42. The van der Waals surface area contributed by atoms with E-state index in [0.717, 1.165) is 11.3 Å². The molecule has 1 fully saturated rings. The fourth-order valence-electron chi connectivity index (χ4n) is 2.33. The minimum absolute atomic E-state index is 0.403. The first-order valence-corrected chi connectivity index (χ1v) is 6.17. The number of rotatable bonds is 4. The summed E-state index contributed by atoms with van der Waals surface area (Å²) >= 11 is 0. The highest BCUT2D eigenvalue weighted by Crippen LogP contribution is 2.27. The van der Waals surface area contributed by atoms with Crippen molar-refractivity contribution in [3.05, 3.63) is 23.7 Å². The van der Waals surface area contributed by atoms with Crippen LogP contribution in [0.1, 0.15) is 43.9 Å². The van der Waals surface area contributed by atoms with Crippen molar-refractivity contribution in [1.82, 2.24) is 0 Å². The Bertz CT molecular complexity index is 321. The Balaban J connectivity index is 1.81. The highest BCUT2D eigenvalue weighted by Gasteiger charge is 2.22. The maximum atomic E-state index is 5.90. The van der Waals surface area contributed by atoms with E-state index in [-0.39, 0.29) is 0 Å². The van der Waals surface area contributed by atoms with E-state index in [2.05, 4.69) is 6.92 Å². The fourth-order valence-corrected chi connectivity index (χ4v) is 2.33. The molecule has 2 N–H and O–H groups in total. The van der Waals surface area contributed by atoms with Crippen molar-refractivity contribution in [2.24, 2.45) is 11.7 Å². The minimum atomic E-state index is 0.403. The monoisotopic (exact) mass is 223 g/mol. The molecule has 90 valence electrons. The SMILES string of the molecule is CC1CCCCC1OCc1cc(CN)co1. The molecular weight excluding hydrogens is 202 g/mol. The molecule has 2 rings (SSSR count). The van der Waals surface area contributed by atoms with E-state index in [4.69, 9.17) is 14.9 Å². The van der Waals surface area contributed by atoms with Gasteiger partial charge in [0.05, 0.1) is 12.4 Å². The van der Waals surface area contributed by atoms with Crippen molar-refractivity contribution in [1.29, 1.82) is 0 Å². The second kappa shape index (κ2) is 5.51. The van der Waals surface area contributed by atoms with Crippen LogP contribution in [0.2, 0.25) is 0 Å². The highest BCUT2D eigenvalue weighted by atomic mass is 16.5. The van der Waals surface area contributed by atoms with Gasteiger partial charge in [-0.1, -0.05) is 19.8 Å². The van der Waals surface area contributed by atoms with Gasteiger partial charge in [-0.05, 0) is 24.8 Å². The predicted octanol–water partition coefficient (Wildman–Crippen LogP) is 2.83. The van der Waals surface area contributed by atoms with Crippen molar-refractivity contribution >= 4 is 0 Å². The summed E-state index contributed by atoms with van der Waals surface area (Å²) in [5.74, 6) is 1.57. The quantitative estimate of drug-likeness (QED) is 0.853. The molecule has 16 heavy (non-hydrogen) atoms. The van der Waals surface area contributed by atoms with Crippen LogP contribution < -0.4 is 5.73 Å². The molecule has 1 aromatic rings. The summed E-state index contributed by atoms with van der Waals surface area (Å²) in [6.07, 6.45) is 7.23. The number of ether oxygens (including phenoxy) is 1. The minimum Gasteiger partial charge on any atom is -0.467 e. The van der Waals surface area contributed by atoms with Crippen LogP contribution in [-0.2, 0) is 17.9 Å². The lowest BCUT2D eigenvalue weighted by atomic mass is 9.88. The van der Waals surface area contributed by atoms with E-state index in [9.17, 15) is 0 Å². The standard InChI is InChI=1S/C13H21NO2/c1-10-4-2-3-5-13(10)16-9-12-6-11(7-14)8-15-12/h6,8,10,13H,2-5,7,9,14H2,1H3. The molecule has 1 heterocycles. The normalized spacial score (nSPS) is 25.9. The number of furan rings is 1. The maximum absolute atomic E-state index is 5.90. The third kappa shape index (κ3) is 2.86. The summed E-state index contributed by atoms with van der Waals surface area (Å²) in [5.41, 5.74) is 6.56. The second-order valence-corrected chi connectivity index (χ2v) is 4.74. The molecule has 0 bridgehead atoms. The first-order valence-electron chi connectivity index (χ1n) is 6.17. The number of hydrogen-bond donors (Lipinski definition) is 1. The van der Waals surface area contributed by atoms with Crippen LogP contribution in [0.15, 0.2) is 16.7 Å². The van der Waals surface area contributed by atoms with E-state index in [1.165, 1.54) is 25.7 Å². The van der Waals surface area contributed by atoms with Crippen LogP contribution in [0, 0.1) is 5.92 Å². The first kappa shape index (κ1) is 11.7. The molecule has 0 amide bonds. The van der Waals surface area contributed by atoms with E-state index in [1.807, 2.05) is 6.07 Å². The summed E-state index contributed by atoms with van der Waals surface area (Å²) in [6, 6.07) is 1.98. The van der Waals surface area contributed by atoms with E-state index in [0.29, 0.717) is 25.2 Å². The first-order chi connectivity index (χ1) is 7.79. The molecule has 1 aromatic heterocycles. The van der Waals surface area contributed by atoms with Gasteiger partial charge in [-0.3, -0.25) is 0 Å². The Hall–Kier alpha value is -0.800. The summed E-state index contributed by atoms with van der Waals surface area (Å²) in [4.78, 5) is 0. The molecule has 0 aromatic carbocycles. The van der Waals surface area contributed by atoms with Gasteiger partial charge in [-0.2, -0.15) is 0 Å². The summed E-state index contributed by atoms with van der Waals surface area (Å²) in [7, 11) is 0. The van der Waals surface area contributed by atoms with Gasteiger partial charge in [0.2, 0.25) is 0 Å². The Kier molecular flexibility index (Phi) is 4.02. The molecule has 2 atom stereocenters. The average molecular weight is 223 g/mol. The Labute approximate surface area is 97.0 Å². The summed E-state index contributed by atoms with van der Waals surface area (Å²) in [5, 5.41) is 0. The maximum Gasteiger partial charge on any atom is 0.129 e. The predicted molar refractivity (Wildman–Crippen MR) is 62.8 cm³/mol. The molecule has 0 saturated heterocycles. The van der Waals surface area contributed by atoms with Gasteiger partial charge in [-0.25, -0.2) is 0 Å². The zero-order valence-corrected chi connectivity index (χ0v) is 9.95. The molecule has 0 aliphatic heterocycles. The molecule has 1 aliphatic carbocycles. The van der Waals surface area contributed by atoms with E-state index in [1.54, 1.807) is 6.26 Å². The van der Waals surface area contributed by atoms with Crippen molar-refractivity contribution in [3.8, 4) is 0 Å². The average Bonchev–Trinajstić information content (AvgIpc) is 2.76. The topological polar surface area (TPSA) is 48.4 Å². The van der Waals surface area contributed by atoms with Crippen LogP contribution >= 0.6 is 0 Å². The molecule has 1 saturated carbocycles. The van der Waals surface area contributed by atoms with Crippen molar-refractivity contribution in [2.75, 3.05) is 0 Å². The Morgan fingerprint density at radius 3 is 2.94 bits per heavy atom. The highest BCUT2D eigenvalue weighted by molar-refractivity contribution is 5.11. The third-order valence-corrected chi connectivity index (χ3v) is 3.42. The van der Waals surface area contributed by atoms with Gasteiger partial charge in [0.15, 0.2) is 0 Å². The molecule has 2 unspecified atom stereocenters. The van der Waals surface area contributed by atoms with Crippen molar-refractivity contribution in [3.63, 3.8) is 0 Å². The van der Waals surface area contributed by atoms with Gasteiger partial charge in [-0.15, -0.1) is 0 Å². The molecule has 0 spiro atoms. The van der Waals surface area contributed by atoms with Gasteiger partial charge >= 0.3 is 0 Å². The number of nitrogens with two attached hydrogens (primary N) is 1. The smallest absolute Gasteiger partial charge is 0.129 e. The fraction of sp³-hybridized carbons (Fsp3) is 0.692. The Morgan fingerprint density at radius 2 is 2.25 bits per heavy atom. The van der Waals surface area contributed by atoms with Crippen LogP contribution in [0.25, 0.3) is 0 Å².